The van der Waals surface area contributed by atoms with Gasteiger partial charge in [-0.1, -0.05) is 19.8 Å². The van der Waals surface area contributed by atoms with Crippen LogP contribution in [0.1, 0.15) is 46.0 Å². The maximum Gasteiger partial charge on any atom is 0.234 e. The zero-order valence-electron chi connectivity index (χ0n) is 10.0. The van der Waals surface area contributed by atoms with E-state index >= 15 is 0 Å². The molecule has 0 bridgehead atoms. The van der Waals surface area contributed by atoms with E-state index in [1.54, 1.807) is 0 Å². The van der Waals surface area contributed by atoms with Gasteiger partial charge in [0.05, 0.1) is 6.54 Å². The van der Waals surface area contributed by atoms with E-state index in [2.05, 4.69) is 24.5 Å². The normalized spacial score (nSPS) is 19.1. The zero-order valence-corrected chi connectivity index (χ0v) is 10.0. The number of nitrogens with one attached hydrogen (secondary N) is 2. The Balaban J connectivity index is 2.13. The van der Waals surface area contributed by atoms with Crippen molar-refractivity contribution < 1.29 is 4.79 Å². The van der Waals surface area contributed by atoms with Crippen molar-refractivity contribution in [3.8, 4) is 0 Å². The maximum absolute atomic E-state index is 11.5. The summed E-state index contributed by atoms with van der Waals surface area (Å²) in [7, 11) is 0. The van der Waals surface area contributed by atoms with Gasteiger partial charge in [0.1, 0.15) is 0 Å². The van der Waals surface area contributed by atoms with Crippen LogP contribution in [0.15, 0.2) is 0 Å². The molecule has 1 rings (SSSR count). The third kappa shape index (κ3) is 4.65. The van der Waals surface area contributed by atoms with Crippen LogP contribution in [0.3, 0.4) is 0 Å². The fraction of sp³-hybridized carbons (Fsp3) is 0.917. The Hall–Kier alpha value is -0.570. The number of rotatable bonds is 6. The van der Waals surface area contributed by atoms with Crippen LogP contribution in [-0.2, 0) is 4.79 Å². The van der Waals surface area contributed by atoms with Crippen molar-refractivity contribution in [1.29, 1.82) is 0 Å². The second kappa shape index (κ2) is 6.83. The van der Waals surface area contributed by atoms with Crippen molar-refractivity contribution in [3.63, 3.8) is 0 Å². The highest BCUT2D eigenvalue weighted by Gasteiger charge is 2.22. The molecular weight excluding hydrogens is 188 g/mol. The molecule has 3 nitrogen and oxygen atoms in total. The highest BCUT2D eigenvalue weighted by Crippen LogP contribution is 2.27. The lowest BCUT2D eigenvalue weighted by Gasteiger charge is -2.20. The third-order valence-corrected chi connectivity index (χ3v) is 3.21. The van der Waals surface area contributed by atoms with Crippen molar-refractivity contribution in [1.82, 2.24) is 10.6 Å². The van der Waals surface area contributed by atoms with Crippen LogP contribution in [0, 0.1) is 5.92 Å². The van der Waals surface area contributed by atoms with Gasteiger partial charge in [-0.15, -0.1) is 0 Å². The molecule has 1 atom stereocenters. The van der Waals surface area contributed by atoms with E-state index in [0.717, 1.165) is 13.0 Å². The molecule has 1 saturated carbocycles. The summed E-state index contributed by atoms with van der Waals surface area (Å²) in [6.45, 7) is 5.62. The number of carbonyl (C=O) groups excluding carboxylic acids is 1. The standard InChI is InChI=1S/C12H24N2O/c1-3-8-13-9-12(15)14-10(2)11-6-4-5-7-11/h10-11,13H,3-9H2,1-2H3,(H,14,15). The minimum atomic E-state index is 0.142. The summed E-state index contributed by atoms with van der Waals surface area (Å²) in [5.74, 6) is 0.850. The molecule has 2 N–H and O–H groups in total. The monoisotopic (exact) mass is 212 g/mol. The second-order valence-electron chi connectivity index (χ2n) is 4.58. The van der Waals surface area contributed by atoms with Crippen LogP contribution < -0.4 is 10.6 Å². The van der Waals surface area contributed by atoms with Crippen LogP contribution in [-0.4, -0.2) is 25.0 Å². The minimum Gasteiger partial charge on any atom is -0.352 e. The fourth-order valence-corrected chi connectivity index (χ4v) is 2.26. The first kappa shape index (κ1) is 12.5. The van der Waals surface area contributed by atoms with Crippen molar-refractivity contribution >= 4 is 5.91 Å². The average molecular weight is 212 g/mol. The molecule has 0 aromatic rings. The zero-order chi connectivity index (χ0) is 11.1. The molecule has 1 unspecified atom stereocenters. The predicted octanol–water partition coefficient (Wildman–Crippen LogP) is 1.68. The highest BCUT2D eigenvalue weighted by molar-refractivity contribution is 5.78. The summed E-state index contributed by atoms with van der Waals surface area (Å²) in [6, 6.07) is 0.350. The Morgan fingerprint density at radius 2 is 2.07 bits per heavy atom. The predicted molar refractivity (Wildman–Crippen MR) is 62.7 cm³/mol. The van der Waals surface area contributed by atoms with Crippen LogP contribution in [0.25, 0.3) is 0 Å². The third-order valence-electron chi connectivity index (χ3n) is 3.21. The molecule has 0 aromatic carbocycles. The summed E-state index contributed by atoms with van der Waals surface area (Å²) < 4.78 is 0. The summed E-state index contributed by atoms with van der Waals surface area (Å²) >= 11 is 0. The summed E-state index contributed by atoms with van der Waals surface area (Å²) in [6.07, 6.45) is 6.30. The molecule has 1 aliphatic rings. The molecule has 0 aromatic heterocycles. The van der Waals surface area contributed by atoms with E-state index in [1.165, 1.54) is 25.7 Å². The van der Waals surface area contributed by atoms with Gasteiger partial charge in [0.25, 0.3) is 0 Å². The molecule has 0 heterocycles. The summed E-state index contributed by atoms with van der Waals surface area (Å²) in [5, 5.41) is 6.20. The molecule has 0 aliphatic heterocycles. The number of hydrogen-bond donors (Lipinski definition) is 2. The molecule has 3 heteroatoms. The van der Waals surface area contributed by atoms with Crippen molar-refractivity contribution in [2.45, 2.75) is 52.0 Å². The van der Waals surface area contributed by atoms with Gasteiger partial charge in [-0.25, -0.2) is 0 Å². The van der Waals surface area contributed by atoms with Crippen LogP contribution in [0.2, 0.25) is 0 Å². The molecule has 88 valence electrons. The highest BCUT2D eigenvalue weighted by atomic mass is 16.1. The fourth-order valence-electron chi connectivity index (χ4n) is 2.26. The average Bonchev–Trinajstić information content (AvgIpc) is 2.70. The SMILES string of the molecule is CCCNCC(=O)NC(C)C1CCCC1. The number of carbonyl (C=O) groups is 1. The first-order valence-electron chi connectivity index (χ1n) is 6.24. The first-order chi connectivity index (χ1) is 7.24. The van der Waals surface area contributed by atoms with Gasteiger partial charge in [-0.3, -0.25) is 4.79 Å². The molecule has 0 saturated heterocycles. The molecule has 0 spiro atoms. The quantitative estimate of drug-likeness (QED) is 0.658. The number of hydrogen-bond acceptors (Lipinski definition) is 2. The Morgan fingerprint density at radius 1 is 1.40 bits per heavy atom. The second-order valence-corrected chi connectivity index (χ2v) is 4.58. The molecule has 1 fully saturated rings. The van der Waals surface area contributed by atoms with Gasteiger partial charge in [-0.2, -0.15) is 0 Å². The first-order valence-corrected chi connectivity index (χ1v) is 6.24. The lowest BCUT2D eigenvalue weighted by atomic mass is 10.00. The van der Waals surface area contributed by atoms with Gasteiger partial charge in [0, 0.05) is 6.04 Å². The van der Waals surface area contributed by atoms with E-state index in [4.69, 9.17) is 0 Å². The van der Waals surface area contributed by atoms with Gasteiger partial charge >= 0.3 is 0 Å². The van der Waals surface area contributed by atoms with Gasteiger partial charge in [0.15, 0.2) is 0 Å². The maximum atomic E-state index is 11.5. The van der Waals surface area contributed by atoms with E-state index in [0.29, 0.717) is 18.5 Å². The van der Waals surface area contributed by atoms with Crippen LogP contribution >= 0.6 is 0 Å². The van der Waals surface area contributed by atoms with E-state index < -0.39 is 0 Å². The van der Waals surface area contributed by atoms with Crippen LogP contribution in [0.4, 0.5) is 0 Å². The van der Waals surface area contributed by atoms with E-state index in [1.807, 2.05) is 0 Å². The van der Waals surface area contributed by atoms with Crippen molar-refractivity contribution in [2.24, 2.45) is 5.92 Å². The largest absolute Gasteiger partial charge is 0.352 e. The summed E-state index contributed by atoms with van der Waals surface area (Å²) in [4.78, 5) is 11.5. The molecule has 1 amide bonds. The lowest BCUT2D eigenvalue weighted by Crippen LogP contribution is -2.42. The van der Waals surface area contributed by atoms with E-state index in [-0.39, 0.29) is 5.91 Å². The Bertz CT molecular complexity index is 188. The Morgan fingerprint density at radius 3 is 2.67 bits per heavy atom. The topological polar surface area (TPSA) is 41.1 Å². The van der Waals surface area contributed by atoms with Crippen molar-refractivity contribution in [3.05, 3.63) is 0 Å². The van der Waals surface area contributed by atoms with Gasteiger partial charge in [0.2, 0.25) is 5.91 Å². The Labute approximate surface area is 93.0 Å². The van der Waals surface area contributed by atoms with Gasteiger partial charge < -0.3 is 10.6 Å². The molecule has 1 aliphatic carbocycles. The molecule has 0 radical (unpaired) electrons. The van der Waals surface area contributed by atoms with Crippen LogP contribution in [0.5, 0.6) is 0 Å². The molecular formula is C12H24N2O. The minimum absolute atomic E-state index is 0.142. The Kier molecular flexibility index (Phi) is 5.69. The number of amides is 1. The van der Waals surface area contributed by atoms with Gasteiger partial charge in [-0.05, 0) is 38.6 Å². The molecule has 15 heavy (non-hydrogen) atoms. The summed E-state index contributed by atoms with van der Waals surface area (Å²) in [5.41, 5.74) is 0. The lowest BCUT2D eigenvalue weighted by molar-refractivity contribution is -0.121. The van der Waals surface area contributed by atoms with Crippen molar-refractivity contribution in [2.75, 3.05) is 13.1 Å². The van der Waals surface area contributed by atoms with E-state index in [9.17, 15) is 4.79 Å². The smallest absolute Gasteiger partial charge is 0.234 e.